The summed E-state index contributed by atoms with van der Waals surface area (Å²) >= 11 is 0. The van der Waals surface area contributed by atoms with E-state index in [0.717, 1.165) is 0 Å². The Labute approximate surface area is 121 Å². The van der Waals surface area contributed by atoms with Crippen molar-refractivity contribution in [1.82, 2.24) is 0 Å². The first-order chi connectivity index (χ1) is 10.2. The molecule has 0 bridgehead atoms. The van der Waals surface area contributed by atoms with Crippen LogP contribution in [0.25, 0.3) is 0 Å². The molecule has 0 fully saturated rings. The fourth-order valence-electron chi connectivity index (χ4n) is 1.96. The highest BCUT2D eigenvalue weighted by molar-refractivity contribution is 5.76. The summed E-state index contributed by atoms with van der Waals surface area (Å²) in [6.07, 6.45) is -0.791. The fraction of sp³-hybridized carbons (Fsp3) is 0.188. The third-order valence-electron chi connectivity index (χ3n) is 3.07. The molecule has 2 aromatic rings. The second kappa shape index (κ2) is 5.83. The molecule has 1 aliphatic rings. The lowest BCUT2D eigenvalue weighted by molar-refractivity contribution is -0.155. The zero-order chi connectivity index (χ0) is 14.7. The Morgan fingerprint density at radius 3 is 2.62 bits per heavy atom. The van der Waals surface area contributed by atoms with Crippen molar-refractivity contribution in [2.45, 2.75) is 12.7 Å². The van der Waals surface area contributed by atoms with E-state index in [1.807, 2.05) is 6.07 Å². The van der Waals surface area contributed by atoms with Gasteiger partial charge in [0.2, 0.25) is 6.10 Å². The molecule has 0 aromatic heterocycles. The first-order valence-corrected chi connectivity index (χ1v) is 6.52. The number of halogens is 1. The van der Waals surface area contributed by atoms with Crippen molar-refractivity contribution in [3.05, 3.63) is 59.9 Å². The largest absolute Gasteiger partial charge is 0.485 e. The Hall–Kier alpha value is -2.56. The summed E-state index contributed by atoms with van der Waals surface area (Å²) in [7, 11) is 0. The van der Waals surface area contributed by atoms with Crippen LogP contribution in [0.5, 0.6) is 11.5 Å². The summed E-state index contributed by atoms with van der Waals surface area (Å²) in [5, 5.41) is 0. The van der Waals surface area contributed by atoms with Crippen molar-refractivity contribution in [1.29, 1.82) is 0 Å². The Kier molecular flexibility index (Phi) is 3.73. The Morgan fingerprint density at radius 2 is 1.86 bits per heavy atom. The molecule has 4 nitrogen and oxygen atoms in total. The molecule has 5 heteroatoms. The molecular weight excluding hydrogens is 275 g/mol. The van der Waals surface area contributed by atoms with Crippen molar-refractivity contribution >= 4 is 5.97 Å². The minimum Gasteiger partial charge on any atom is -0.485 e. The van der Waals surface area contributed by atoms with Gasteiger partial charge in [0.1, 0.15) is 19.0 Å². The number of fused-ring (bicyclic) bond motifs is 1. The average molecular weight is 288 g/mol. The van der Waals surface area contributed by atoms with Gasteiger partial charge < -0.3 is 14.2 Å². The summed E-state index contributed by atoms with van der Waals surface area (Å²) in [6.45, 7) is 0.180. The van der Waals surface area contributed by atoms with Crippen LogP contribution in [0, 0.1) is 5.82 Å². The van der Waals surface area contributed by atoms with E-state index in [2.05, 4.69) is 0 Å². The maximum absolute atomic E-state index is 12.8. The summed E-state index contributed by atoms with van der Waals surface area (Å²) in [5.41, 5.74) is 0.710. The van der Waals surface area contributed by atoms with Gasteiger partial charge in [0, 0.05) is 0 Å². The molecule has 2 aromatic carbocycles. The molecule has 0 amide bonds. The molecule has 0 aliphatic carbocycles. The van der Waals surface area contributed by atoms with E-state index in [4.69, 9.17) is 14.2 Å². The predicted molar refractivity (Wildman–Crippen MR) is 72.5 cm³/mol. The SMILES string of the molecule is O=C(OCc1ccc(F)cc1)[C@@H]1COc2ccccc2O1. The zero-order valence-electron chi connectivity index (χ0n) is 11.1. The molecule has 1 atom stereocenters. The van der Waals surface area contributed by atoms with Crippen LogP contribution in [0.2, 0.25) is 0 Å². The highest BCUT2D eigenvalue weighted by atomic mass is 19.1. The molecule has 1 heterocycles. The molecule has 3 rings (SSSR count). The van der Waals surface area contributed by atoms with E-state index in [9.17, 15) is 9.18 Å². The standard InChI is InChI=1S/C16H13FO4/c17-12-7-5-11(6-8-12)9-20-16(18)15-10-19-13-3-1-2-4-14(13)21-15/h1-8,15H,9-10H2/t15-/m0/s1. The highest BCUT2D eigenvalue weighted by Crippen LogP contribution is 2.31. The molecular formula is C16H13FO4. The van der Waals surface area contributed by atoms with Crippen LogP contribution in [-0.4, -0.2) is 18.7 Å². The van der Waals surface area contributed by atoms with Gasteiger partial charge in [-0.2, -0.15) is 0 Å². The number of rotatable bonds is 3. The van der Waals surface area contributed by atoms with Gasteiger partial charge in [0.25, 0.3) is 0 Å². The van der Waals surface area contributed by atoms with E-state index in [0.29, 0.717) is 17.1 Å². The maximum atomic E-state index is 12.8. The molecule has 0 saturated carbocycles. The number of carbonyl (C=O) groups excluding carboxylic acids is 1. The lowest BCUT2D eigenvalue weighted by Crippen LogP contribution is -2.37. The molecule has 0 radical (unpaired) electrons. The average Bonchev–Trinajstić information content (AvgIpc) is 2.53. The van der Waals surface area contributed by atoms with E-state index in [-0.39, 0.29) is 19.0 Å². The Balaban J connectivity index is 1.58. The first-order valence-electron chi connectivity index (χ1n) is 6.52. The molecule has 0 spiro atoms. The number of ether oxygens (including phenoxy) is 3. The minimum atomic E-state index is -0.791. The molecule has 1 aliphatic heterocycles. The normalized spacial score (nSPS) is 16.3. The van der Waals surface area contributed by atoms with Crippen LogP contribution in [0.1, 0.15) is 5.56 Å². The lowest BCUT2D eigenvalue weighted by Gasteiger charge is -2.24. The molecule has 0 N–H and O–H groups in total. The van der Waals surface area contributed by atoms with Gasteiger partial charge in [-0.25, -0.2) is 9.18 Å². The van der Waals surface area contributed by atoms with E-state index in [1.165, 1.54) is 12.1 Å². The quantitative estimate of drug-likeness (QED) is 0.815. The molecule has 0 unspecified atom stereocenters. The smallest absolute Gasteiger partial charge is 0.351 e. The van der Waals surface area contributed by atoms with Crippen LogP contribution in [0.4, 0.5) is 4.39 Å². The summed E-state index contributed by atoms with van der Waals surface area (Å²) in [4.78, 5) is 11.9. The van der Waals surface area contributed by atoms with Crippen LogP contribution in [0.3, 0.4) is 0 Å². The predicted octanol–water partition coefficient (Wildman–Crippen LogP) is 2.71. The highest BCUT2D eigenvalue weighted by Gasteiger charge is 2.28. The number of para-hydroxylation sites is 2. The molecule has 0 saturated heterocycles. The van der Waals surface area contributed by atoms with Gasteiger partial charge >= 0.3 is 5.97 Å². The van der Waals surface area contributed by atoms with Crippen molar-refractivity contribution in [3.8, 4) is 11.5 Å². The molecule has 108 valence electrons. The summed E-state index contributed by atoms with van der Waals surface area (Å²) in [6, 6.07) is 12.9. The van der Waals surface area contributed by atoms with Gasteiger partial charge in [0.15, 0.2) is 11.5 Å². The number of benzene rings is 2. The van der Waals surface area contributed by atoms with E-state index < -0.39 is 12.1 Å². The molecule has 21 heavy (non-hydrogen) atoms. The van der Waals surface area contributed by atoms with E-state index in [1.54, 1.807) is 30.3 Å². The van der Waals surface area contributed by atoms with Crippen LogP contribution in [0.15, 0.2) is 48.5 Å². The second-order valence-corrected chi connectivity index (χ2v) is 4.60. The van der Waals surface area contributed by atoms with Crippen LogP contribution in [-0.2, 0) is 16.1 Å². The minimum absolute atomic E-state index is 0.0701. The van der Waals surface area contributed by atoms with Crippen molar-refractivity contribution < 1.29 is 23.4 Å². The summed E-state index contributed by atoms with van der Waals surface area (Å²) < 4.78 is 28.9. The summed E-state index contributed by atoms with van der Waals surface area (Å²) in [5.74, 6) is 0.298. The second-order valence-electron chi connectivity index (χ2n) is 4.60. The number of carbonyl (C=O) groups is 1. The maximum Gasteiger partial charge on any atom is 0.351 e. The van der Waals surface area contributed by atoms with Gasteiger partial charge in [-0.15, -0.1) is 0 Å². The number of esters is 1. The third-order valence-corrected chi connectivity index (χ3v) is 3.07. The first kappa shape index (κ1) is 13.4. The van der Waals surface area contributed by atoms with Gasteiger partial charge in [-0.1, -0.05) is 24.3 Å². The Morgan fingerprint density at radius 1 is 1.14 bits per heavy atom. The fourth-order valence-corrected chi connectivity index (χ4v) is 1.96. The van der Waals surface area contributed by atoms with Crippen LogP contribution < -0.4 is 9.47 Å². The number of hydrogen-bond donors (Lipinski definition) is 0. The van der Waals surface area contributed by atoms with Crippen molar-refractivity contribution in [2.24, 2.45) is 0 Å². The zero-order valence-corrected chi connectivity index (χ0v) is 11.1. The van der Waals surface area contributed by atoms with Gasteiger partial charge in [-0.05, 0) is 29.8 Å². The third kappa shape index (κ3) is 3.13. The van der Waals surface area contributed by atoms with Crippen LogP contribution >= 0.6 is 0 Å². The van der Waals surface area contributed by atoms with Gasteiger partial charge in [-0.3, -0.25) is 0 Å². The number of hydrogen-bond acceptors (Lipinski definition) is 4. The van der Waals surface area contributed by atoms with Crippen molar-refractivity contribution in [3.63, 3.8) is 0 Å². The monoisotopic (exact) mass is 288 g/mol. The topological polar surface area (TPSA) is 44.8 Å². The van der Waals surface area contributed by atoms with Crippen molar-refractivity contribution in [2.75, 3.05) is 6.61 Å². The van der Waals surface area contributed by atoms with Gasteiger partial charge in [0.05, 0.1) is 0 Å². The van der Waals surface area contributed by atoms with E-state index >= 15 is 0 Å². The Bertz CT molecular complexity index is 639. The lowest BCUT2D eigenvalue weighted by atomic mass is 10.2.